The summed E-state index contributed by atoms with van der Waals surface area (Å²) in [6.45, 7) is 3.00. The van der Waals surface area contributed by atoms with Gasteiger partial charge in [-0.1, -0.05) is 18.2 Å². The summed E-state index contributed by atoms with van der Waals surface area (Å²) < 4.78 is 5.30. The molecule has 180 valence electrons. The van der Waals surface area contributed by atoms with Crippen molar-refractivity contribution in [2.24, 2.45) is 0 Å². The van der Waals surface area contributed by atoms with E-state index >= 15 is 0 Å². The molecule has 3 heterocycles. The smallest absolute Gasteiger partial charge is 0.403 e. The molecule has 1 saturated heterocycles. The number of likely N-dealkylation sites (tertiary alicyclic amines) is 1. The second-order valence-electron chi connectivity index (χ2n) is 8.28. The van der Waals surface area contributed by atoms with E-state index in [1.54, 1.807) is 24.5 Å². The number of nitro groups is 1. The number of pyridine rings is 2. The maximum absolute atomic E-state index is 12.9. The minimum atomic E-state index is -0.635. The van der Waals surface area contributed by atoms with Gasteiger partial charge in [0.25, 0.3) is 5.91 Å². The van der Waals surface area contributed by atoms with Crippen molar-refractivity contribution in [2.45, 2.75) is 32.2 Å². The lowest BCUT2D eigenvalue weighted by Crippen LogP contribution is -2.40. The van der Waals surface area contributed by atoms with Crippen molar-refractivity contribution < 1.29 is 19.2 Å². The Bertz CT molecular complexity index is 1230. The van der Waals surface area contributed by atoms with Crippen molar-refractivity contribution in [2.75, 3.05) is 13.1 Å². The van der Waals surface area contributed by atoms with Crippen molar-refractivity contribution in [1.82, 2.24) is 20.2 Å². The van der Waals surface area contributed by atoms with Crippen LogP contribution in [0.4, 0.5) is 10.5 Å². The number of amides is 2. The zero-order valence-electron chi connectivity index (χ0n) is 19.2. The molecule has 0 unspecified atom stereocenters. The molecule has 10 nitrogen and oxygen atoms in total. The number of nitro benzene ring substituents is 1. The van der Waals surface area contributed by atoms with Gasteiger partial charge in [0.2, 0.25) is 5.75 Å². The fourth-order valence-electron chi connectivity index (χ4n) is 4.05. The van der Waals surface area contributed by atoms with E-state index in [1.807, 2.05) is 25.1 Å². The van der Waals surface area contributed by atoms with Crippen LogP contribution in [0.1, 0.15) is 46.1 Å². The molecule has 1 aromatic carbocycles. The number of para-hydroxylation sites is 2. The number of hydrogen-bond acceptors (Lipinski definition) is 7. The average molecular weight is 476 g/mol. The van der Waals surface area contributed by atoms with Gasteiger partial charge >= 0.3 is 11.8 Å². The van der Waals surface area contributed by atoms with E-state index in [0.717, 1.165) is 11.3 Å². The van der Waals surface area contributed by atoms with Crippen molar-refractivity contribution in [3.63, 3.8) is 0 Å². The van der Waals surface area contributed by atoms with Crippen molar-refractivity contribution in [3.8, 4) is 5.75 Å². The van der Waals surface area contributed by atoms with Gasteiger partial charge in [-0.2, -0.15) is 0 Å². The number of nitrogens with zero attached hydrogens (tertiary/aromatic N) is 4. The largest absolute Gasteiger partial charge is 0.415 e. The number of ether oxygens (including phenoxy) is 1. The van der Waals surface area contributed by atoms with Gasteiger partial charge in [0, 0.05) is 49.7 Å². The van der Waals surface area contributed by atoms with Crippen LogP contribution in [-0.4, -0.2) is 44.9 Å². The van der Waals surface area contributed by atoms with Crippen LogP contribution < -0.4 is 10.1 Å². The predicted molar refractivity (Wildman–Crippen MR) is 127 cm³/mol. The first-order valence-corrected chi connectivity index (χ1v) is 11.3. The van der Waals surface area contributed by atoms with E-state index < -0.39 is 11.0 Å². The number of carbonyl (C=O) groups excluding carboxylic acids is 2. The third-order valence-electron chi connectivity index (χ3n) is 5.88. The summed E-state index contributed by atoms with van der Waals surface area (Å²) >= 11 is 0. The Hall–Kier alpha value is -4.34. The molecule has 35 heavy (non-hydrogen) atoms. The zero-order valence-corrected chi connectivity index (χ0v) is 19.2. The highest BCUT2D eigenvalue weighted by Gasteiger charge is 2.29. The Morgan fingerprint density at radius 1 is 1.14 bits per heavy atom. The number of aromatic nitrogens is 2. The molecular formula is C25H25N5O5. The minimum absolute atomic E-state index is 0.0100. The van der Waals surface area contributed by atoms with Crippen LogP contribution in [0.2, 0.25) is 0 Å². The lowest BCUT2D eigenvalue weighted by molar-refractivity contribution is -0.385. The molecule has 2 amide bonds. The van der Waals surface area contributed by atoms with Crippen molar-refractivity contribution >= 4 is 17.7 Å². The highest BCUT2D eigenvalue weighted by Crippen LogP contribution is 2.31. The number of aryl methyl sites for hydroxylation is 1. The molecule has 1 aliphatic rings. The van der Waals surface area contributed by atoms with Crippen molar-refractivity contribution in [3.05, 3.63) is 93.6 Å². The van der Waals surface area contributed by atoms with E-state index in [1.165, 1.54) is 23.1 Å². The second-order valence-corrected chi connectivity index (χ2v) is 8.28. The molecule has 0 spiro atoms. The number of piperidine rings is 1. The second kappa shape index (κ2) is 10.7. The Morgan fingerprint density at radius 2 is 1.91 bits per heavy atom. The number of rotatable bonds is 6. The van der Waals surface area contributed by atoms with Crippen LogP contribution in [0, 0.1) is 17.0 Å². The molecule has 4 rings (SSSR count). The Kier molecular flexibility index (Phi) is 7.30. The Labute approximate surface area is 202 Å². The first kappa shape index (κ1) is 23.8. The van der Waals surface area contributed by atoms with E-state index in [9.17, 15) is 19.7 Å². The molecule has 0 bridgehead atoms. The summed E-state index contributed by atoms with van der Waals surface area (Å²) in [7, 11) is 0. The molecule has 0 atom stereocenters. The summed E-state index contributed by atoms with van der Waals surface area (Å²) in [5, 5.41) is 14.1. The van der Waals surface area contributed by atoms with E-state index in [2.05, 4.69) is 15.3 Å². The molecule has 1 aliphatic heterocycles. The summed E-state index contributed by atoms with van der Waals surface area (Å²) in [5.41, 5.74) is 2.66. The summed E-state index contributed by atoms with van der Waals surface area (Å²) in [6, 6.07) is 13.1. The molecule has 3 aromatic rings. The fourth-order valence-corrected chi connectivity index (χ4v) is 4.05. The SMILES string of the molecule is Cc1ccc(C(=O)NCc2cccnc2)c(C2CCN(C(=O)Oc3ccccc3[N+](=O)[O-])CC2)n1. The highest BCUT2D eigenvalue weighted by molar-refractivity contribution is 5.95. The molecule has 0 saturated carbocycles. The lowest BCUT2D eigenvalue weighted by Gasteiger charge is -2.31. The van der Waals surface area contributed by atoms with Crippen LogP contribution in [0.5, 0.6) is 5.75 Å². The van der Waals surface area contributed by atoms with Gasteiger partial charge in [-0.05, 0) is 49.6 Å². The molecule has 1 fully saturated rings. The first-order valence-electron chi connectivity index (χ1n) is 11.3. The molecule has 0 aliphatic carbocycles. The number of benzene rings is 1. The normalized spacial score (nSPS) is 13.8. The van der Waals surface area contributed by atoms with Crippen LogP contribution in [0.15, 0.2) is 60.9 Å². The zero-order chi connectivity index (χ0) is 24.8. The van der Waals surface area contributed by atoms with Gasteiger partial charge in [-0.15, -0.1) is 0 Å². The Balaban J connectivity index is 1.41. The van der Waals surface area contributed by atoms with Gasteiger partial charge in [0.05, 0.1) is 16.2 Å². The number of nitrogens with one attached hydrogen (secondary N) is 1. The lowest BCUT2D eigenvalue weighted by atomic mass is 9.90. The van der Waals surface area contributed by atoms with Crippen LogP contribution in [0.25, 0.3) is 0 Å². The van der Waals surface area contributed by atoms with Gasteiger partial charge in [0.1, 0.15) is 0 Å². The molecule has 10 heteroatoms. The van der Waals surface area contributed by atoms with Crippen molar-refractivity contribution in [1.29, 1.82) is 0 Å². The predicted octanol–water partition coefficient (Wildman–Crippen LogP) is 4.00. The Morgan fingerprint density at radius 3 is 2.63 bits per heavy atom. The quantitative estimate of drug-likeness (QED) is 0.421. The van der Waals surface area contributed by atoms with E-state index in [-0.39, 0.29) is 23.3 Å². The average Bonchev–Trinajstić information content (AvgIpc) is 2.88. The van der Waals surface area contributed by atoms with Crippen LogP contribution >= 0.6 is 0 Å². The summed E-state index contributed by atoms with van der Waals surface area (Å²) in [6.07, 6.45) is 3.92. The summed E-state index contributed by atoms with van der Waals surface area (Å²) in [5.74, 6) is -0.309. The molecular weight excluding hydrogens is 450 g/mol. The van der Waals surface area contributed by atoms with Gasteiger partial charge in [0.15, 0.2) is 0 Å². The molecule has 0 radical (unpaired) electrons. The fraction of sp³-hybridized carbons (Fsp3) is 0.280. The first-order chi connectivity index (χ1) is 16.9. The summed E-state index contributed by atoms with van der Waals surface area (Å²) in [4.78, 5) is 46.4. The number of hydrogen-bond donors (Lipinski definition) is 1. The van der Waals surface area contributed by atoms with Gasteiger partial charge in [-0.25, -0.2) is 4.79 Å². The third kappa shape index (κ3) is 5.78. The molecule has 2 aromatic heterocycles. The standard InChI is InChI=1S/C25H25N5O5/c1-17-8-9-20(24(31)27-16-18-5-4-12-26-15-18)23(28-17)19-10-13-29(14-11-19)25(32)35-22-7-3-2-6-21(22)30(33)34/h2-9,12,15,19H,10-11,13-14,16H2,1H3,(H,27,31). The van der Waals surface area contributed by atoms with E-state index in [4.69, 9.17) is 4.74 Å². The van der Waals surface area contributed by atoms with Crippen LogP contribution in [0.3, 0.4) is 0 Å². The monoisotopic (exact) mass is 475 g/mol. The van der Waals surface area contributed by atoms with E-state index in [0.29, 0.717) is 43.7 Å². The van der Waals surface area contributed by atoms with Gasteiger partial charge < -0.3 is 15.0 Å². The van der Waals surface area contributed by atoms with Gasteiger partial charge in [-0.3, -0.25) is 24.9 Å². The minimum Gasteiger partial charge on any atom is -0.403 e. The topological polar surface area (TPSA) is 128 Å². The maximum atomic E-state index is 12.9. The number of carbonyl (C=O) groups is 2. The molecule has 1 N–H and O–H groups in total. The van der Waals surface area contributed by atoms with Crippen LogP contribution in [-0.2, 0) is 6.54 Å². The third-order valence-corrected chi connectivity index (χ3v) is 5.88. The maximum Gasteiger partial charge on any atom is 0.415 e. The highest BCUT2D eigenvalue weighted by atomic mass is 16.6.